The summed E-state index contributed by atoms with van der Waals surface area (Å²) in [7, 11) is 0. The van der Waals surface area contributed by atoms with E-state index in [1.807, 2.05) is 4.90 Å². The second kappa shape index (κ2) is 7.98. The fraction of sp³-hybridized carbons (Fsp3) is 0.562. The van der Waals surface area contributed by atoms with Gasteiger partial charge in [0.25, 0.3) is 0 Å². The van der Waals surface area contributed by atoms with Gasteiger partial charge in [0.1, 0.15) is 11.6 Å². The van der Waals surface area contributed by atoms with Gasteiger partial charge in [0, 0.05) is 19.5 Å². The Balaban J connectivity index is 1.62. The van der Waals surface area contributed by atoms with E-state index < -0.39 is 0 Å². The van der Waals surface area contributed by atoms with Gasteiger partial charge in [-0.15, -0.1) is 0 Å². The average molecular weight is 294 g/mol. The van der Waals surface area contributed by atoms with E-state index in [0.29, 0.717) is 37.7 Å². The Morgan fingerprint density at radius 1 is 1.29 bits per heavy atom. The summed E-state index contributed by atoms with van der Waals surface area (Å²) in [5.74, 6) is 1.11. The molecule has 5 heteroatoms. The predicted octanol–water partition coefficient (Wildman–Crippen LogP) is 2.18. The molecule has 0 unspecified atom stereocenters. The maximum absolute atomic E-state index is 12.7. The summed E-state index contributed by atoms with van der Waals surface area (Å²) in [4.78, 5) is 14.0. The number of benzene rings is 1. The van der Waals surface area contributed by atoms with Gasteiger partial charge in [-0.1, -0.05) is 0 Å². The molecular formula is C16H23FN2O2. The molecule has 1 saturated heterocycles. The molecule has 0 aromatic heterocycles. The molecule has 21 heavy (non-hydrogen) atoms. The summed E-state index contributed by atoms with van der Waals surface area (Å²) < 4.78 is 18.2. The van der Waals surface area contributed by atoms with E-state index >= 15 is 0 Å². The van der Waals surface area contributed by atoms with Gasteiger partial charge in [-0.05, 0) is 56.0 Å². The summed E-state index contributed by atoms with van der Waals surface area (Å²) >= 11 is 0. The first-order valence-electron chi connectivity index (χ1n) is 7.55. The van der Waals surface area contributed by atoms with E-state index in [1.165, 1.54) is 12.1 Å². The Bertz CT molecular complexity index is 442. The third kappa shape index (κ3) is 5.01. The maximum atomic E-state index is 12.7. The van der Waals surface area contributed by atoms with Crippen molar-refractivity contribution in [1.29, 1.82) is 0 Å². The van der Waals surface area contributed by atoms with Crippen LogP contribution in [0.4, 0.5) is 4.39 Å². The molecule has 0 atom stereocenters. The maximum Gasteiger partial charge on any atom is 0.222 e. The molecule has 0 saturated carbocycles. The van der Waals surface area contributed by atoms with Crippen LogP contribution < -0.4 is 10.5 Å². The summed E-state index contributed by atoms with van der Waals surface area (Å²) in [6.45, 7) is 2.82. The molecule has 2 rings (SSSR count). The number of likely N-dealkylation sites (tertiary alicyclic amines) is 1. The number of hydrogen-bond donors (Lipinski definition) is 1. The Morgan fingerprint density at radius 3 is 2.57 bits per heavy atom. The lowest BCUT2D eigenvalue weighted by atomic mass is 9.97. The number of rotatable bonds is 6. The molecule has 116 valence electrons. The topological polar surface area (TPSA) is 55.6 Å². The minimum absolute atomic E-state index is 0.188. The summed E-state index contributed by atoms with van der Waals surface area (Å²) in [5, 5.41) is 0. The zero-order valence-corrected chi connectivity index (χ0v) is 12.3. The highest BCUT2D eigenvalue weighted by Crippen LogP contribution is 2.17. The molecule has 0 bridgehead atoms. The van der Waals surface area contributed by atoms with Crippen LogP contribution >= 0.6 is 0 Å². The molecule has 1 aromatic rings. The van der Waals surface area contributed by atoms with Crippen LogP contribution in [0.3, 0.4) is 0 Å². The van der Waals surface area contributed by atoms with Gasteiger partial charge in [0.15, 0.2) is 0 Å². The lowest BCUT2D eigenvalue weighted by molar-refractivity contribution is -0.132. The molecule has 1 heterocycles. The van der Waals surface area contributed by atoms with Crippen LogP contribution in [0.5, 0.6) is 5.75 Å². The van der Waals surface area contributed by atoms with Gasteiger partial charge in [0.2, 0.25) is 5.91 Å². The highest BCUT2D eigenvalue weighted by atomic mass is 19.1. The van der Waals surface area contributed by atoms with Crippen molar-refractivity contribution < 1.29 is 13.9 Å². The molecule has 1 aromatic carbocycles. The first-order valence-corrected chi connectivity index (χ1v) is 7.55. The highest BCUT2D eigenvalue weighted by molar-refractivity contribution is 5.76. The van der Waals surface area contributed by atoms with E-state index in [2.05, 4.69) is 0 Å². The van der Waals surface area contributed by atoms with Gasteiger partial charge in [-0.25, -0.2) is 4.39 Å². The molecule has 4 nitrogen and oxygen atoms in total. The van der Waals surface area contributed by atoms with Crippen molar-refractivity contribution >= 4 is 5.91 Å². The molecule has 1 aliphatic rings. The van der Waals surface area contributed by atoms with Crippen LogP contribution in [0.25, 0.3) is 0 Å². The van der Waals surface area contributed by atoms with Crippen molar-refractivity contribution in [3.8, 4) is 5.75 Å². The molecule has 0 aliphatic carbocycles. The zero-order valence-electron chi connectivity index (χ0n) is 12.3. The summed E-state index contributed by atoms with van der Waals surface area (Å²) in [6, 6.07) is 5.91. The Hall–Kier alpha value is -1.62. The third-order valence-electron chi connectivity index (χ3n) is 3.92. The molecule has 2 N–H and O–H groups in total. The van der Waals surface area contributed by atoms with Crippen LogP contribution in [0.2, 0.25) is 0 Å². The number of amides is 1. The summed E-state index contributed by atoms with van der Waals surface area (Å²) in [5.41, 5.74) is 5.64. The smallest absolute Gasteiger partial charge is 0.222 e. The molecule has 1 amide bonds. The van der Waals surface area contributed by atoms with Crippen LogP contribution in [-0.2, 0) is 4.79 Å². The SMILES string of the molecule is NCC1CCN(C(=O)CCCOc2ccc(F)cc2)CC1. The van der Waals surface area contributed by atoms with Gasteiger partial charge in [-0.3, -0.25) is 4.79 Å². The van der Waals surface area contributed by atoms with E-state index in [-0.39, 0.29) is 11.7 Å². The minimum atomic E-state index is -0.279. The largest absolute Gasteiger partial charge is 0.494 e. The monoisotopic (exact) mass is 294 g/mol. The molecule has 0 radical (unpaired) electrons. The standard InChI is InChI=1S/C16H23FN2O2/c17-14-3-5-15(6-4-14)21-11-1-2-16(20)19-9-7-13(12-18)8-10-19/h3-6,13H,1-2,7-12,18H2. The second-order valence-corrected chi connectivity index (χ2v) is 5.47. The van der Waals surface area contributed by atoms with E-state index in [0.717, 1.165) is 25.9 Å². The molecular weight excluding hydrogens is 271 g/mol. The fourth-order valence-electron chi connectivity index (χ4n) is 2.52. The normalized spacial score (nSPS) is 16.0. The first kappa shape index (κ1) is 15.8. The Morgan fingerprint density at radius 2 is 1.95 bits per heavy atom. The predicted molar refractivity (Wildman–Crippen MR) is 79.5 cm³/mol. The van der Waals surface area contributed by atoms with Crippen molar-refractivity contribution in [3.63, 3.8) is 0 Å². The van der Waals surface area contributed by atoms with Crippen molar-refractivity contribution in [2.24, 2.45) is 11.7 Å². The number of hydrogen-bond acceptors (Lipinski definition) is 3. The number of carbonyl (C=O) groups is 1. The second-order valence-electron chi connectivity index (χ2n) is 5.47. The average Bonchev–Trinajstić information content (AvgIpc) is 2.53. The van der Waals surface area contributed by atoms with Gasteiger partial charge < -0.3 is 15.4 Å². The van der Waals surface area contributed by atoms with Crippen LogP contribution in [-0.4, -0.2) is 37.0 Å². The van der Waals surface area contributed by atoms with E-state index in [1.54, 1.807) is 12.1 Å². The number of nitrogens with two attached hydrogens (primary N) is 1. The lowest BCUT2D eigenvalue weighted by Gasteiger charge is -2.31. The van der Waals surface area contributed by atoms with Crippen molar-refractivity contribution in [2.45, 2.75) is 25.7 Å². The van der Waals surface area contributed by atoms with Crippen LogP contribution in [0.15, 0.2) is 24.3 Å². The minimum Gasteiger partial charge on any atom is -0.494 e. The van der Waals surface area contributed by atoms with E-state index in [9.17, 15) is 9.18 Å². The first-order chi connectivity index (χ1) is 10.2. The third-order valence-corrected chi connectivity index (χ3v) is 3.92. The van der Waals surface area contributed by atoms with Gasteiger partial charge in [0.05, 0.1) is 6.61 Å². The highest BCUT2D eigenvalue weighted by Gasteiger charge is 2.21. The summed E-state index contributed by atoms with van der Waals surface area (Å²) in [6.07, 6.45) is 3.18. The molecule has 1 aliphatic heterocycles. The number of carbonyl (C=O) groups excluding carboxylic acids is 1. The number of piperidine rings is 1. The zero-order chi connectivity index (χ0) is 15.1. The number of ether oxygens (including phenoxy) is 1. The van der Waals surface area contributed by atoms with Gasteiger partial charge >= 0.3 is 0 Å². The van der Waals surface area contributed by atoms with Crippen molar-refractivity contribution in [1.82, 2.24) is 4.90 Å². The van der Waals surface area contributed by atoms with Crippen molar-refractivity contribution in [3.05, 3.63) is 30.1 Å². The molecule has 1 fully saturated rings. The van der Waals surface area contributed by atoms with Crippen molar-refractivity contribution in [2.75, 3.05) is 26.2 Å². The van der Waals surface area contributed by atoms with Gasteiger partial charge in [-0.2, -0.15) is 0 Å². The number of halogens is 1. The number of nitrogens with zero attached hydrogens (tertiary/aromatic N) is 1. The fourth-order valence-corrected chi connectivity index (χ4v) is 2.52. The van der Waals surface area contributed by atoms with Crippen LogP contribution in [0.1, 0.15) is 25.7 Å². The lowest BCUT2D eigenvalue weighted by Crippen LogP contribution is -2.40. The Kier molecular flexibility index (Phi) is 5.99. The Labute approximate surface area is 125 Å². The van der Waals surface area contributed by atoms with E-state index in [4.69, 9.17) is 10.5 Å². The van der Waals surface area contributed by atoms with Crippen LogP contribution in [0, 0.1) is 11.7 Å². The molecule has 0 spiro atoms. The quantitative estimate of drug-likeness (QED) is 0.818.